The predicted molar refractivity (Wildman–Crippen MR) is 50.0 cm³/mol. The van der Waals surface area contributed by atoms with Crippen molar-refractivity contribution in [3.8, 4) is 0 Å². The summed E-state index contributed by atoms with van der Waals surface area (Å²) >= 11 is 0. The van der Waals surface area contributed by atoms with Gasteiger partial charge in [0.1, 0.15) is 5.76 Å². The van der Waals surface area contributed by atoms with E-state index in [0.29, 0.717) is 6.61 Å². The SMILES string of the molecule is COCC(CCc1ccco1)NN. The van der Waals surface area contributed by atoms with Crippen molar-refractivity contribution < 1.29 is 9.15 Å². The summed E-state index contributed by atoms with van der Waals surface area (Å²) in [6.07, 6.45) is 3.47. The van der Waals surface area contributed by atoms with Crippen LogP contribution in [-0.2, 0) is 11.2 Å². The first-order valence-electron chi connectivity index (χ1n) is 4.34. The van der Waals surface area contributed by atoms with Crippen LogP contribution in [0.5, 0.6) is 0 Å². The highest BCUT2D eigenvalue weighted by atomic mass is 16.5. The first-order valence-corrected chi connectivity index (χ1v) is 4.34. The van der Waals surface area contributed by atoms with Crippen LogP contribution in [0.2, 0.25) is 0 Å². The minimum Gasteiger partial charge on any atom is -0.469 e. The molecule has 1 unspecified atom stereocenters. The Balaban J connectivity index is 2.23. The quantitative estimate of drug-likeness (QED) is 0.504. The van der Waals surface area contributed by atoms with Crippen LogP contribution in [0.3, 0.4) is 0 Å². The fourth-order valence-corrected chi connectivity index (χ4v) is 1.19. The van der Waals surface area contributed by atoms with Crippen LogP contribution in [0.1, 0.15) is 12.2 Å². The lowest BCUT2D eigenvalue weighted by Gasteiger charge is -2.13. The number of rotatable bonds is 6. The van der Waals surface area contributed by atoms with Gasteiger partial charge in [0.05, 0.1) is 12.9 Å². The fraction of sp³-hybridized carbons (Fsp3) is 0.556. The summed E-state index contributed by atoms with van der Waals surface area (Å²) in [5.41, 5.74) is 2.70. The number of hydrogen-bond acceptors (Lipinski definition) is 4. The van der Waals surface area contributed by atoms with Gasteiger partial charge in [-0.25, -0.2) is 0 Å². The summed E-state index contributed by atoms with van der Waals surface area (Å²) in [6.45, 7) is 0.622. The second kappa shape index (κ2) is 5.75. The van der Waals surface area contributed by atoms with E-state index in [1.807, 2.05) is 12.1 Å². The minimum absolute atomic E-state index is 0.190. The first kappa shape index (κ1) is 10.2. The molecule has 1 aromatic heterocycles. The summed E-state index contributed by atoms with van der Waals surface area (Å²) in [6, 6.07) is 4.03. The zero-order valence-electron chi connectivity index (χ0n) is 7.82. The summed E-state index contributed by atoms with van der Waals surface area (Å²) in [5, 5.41) is 0. The van der Waals surface area contributed by atoms with Gasteiger partial charge in [0, 0.05) is 19.6 Å². The van der Waals surface area contributed by atoms with Crippen LogP contribution < -0.4 is 11.3 Å². The maximum Gasteiger partial charge on any atom is 0.103 e. The number of hydrogen-bond donors (Lipinski definition) is 2. The fourth-order valence-electron chi connectivity index (χ4n) is 1.19. The molecular formula is C9H16N2O2. The Hall–Kier alpha value is -0.840. The number of furan rings is 1. The van der Waals surface area contributed by atoms with Crippen molar-refractivity contribution in [2.45, 2.75) is 18.9 Å². The highest BCUT2D eigenvalue weighted by Gasteiger charge is 2.06. The molecular weight excluding hydrogens is 168 g/mol. The Kier molecular flexibility index (Phi) is 4.53. The Morgan fingerprint density at radius 3 is 3.08 bits per heavy atom. The van der Waals surface area contributed by atoms with Crippen molar-refractivity contribution in [3.63, 3.8) is 0 Å². The molecule has 0 saturated carbocycles. The number of hydrazine groups is 1. The van der Waals surface area contributed by atoms with Gasteiger partial charge in [-0.1, -0.05) is 0 Å². The van der Waals surface area contributed by atoms with Gasteiger partial charge >= 0.3 is 0 Å². The van der Waals surface area contributed by atoms with Gasteiger partial charge in [-0.05, 0) is 18.6 Å². The predicted octanol–water partition coefficient (Wildman–Crippen LogP) is 0.691. The van der Waals surface area contributed by atoms with Gasteiger partial charge in [-0.15, -0.1) is 0 Å². The van der Waals surface area contributed by atoms with E-state index >= 15 is 0 Å². The molecule has 0 radical (unpaired) electrons. The normalized spacial score (nSPS) is 13.1. The van der Waals surface area contributed by atoms with Gasteiger partial charge < -0.3 is 9.15 Å². The largest absolute Gasteiger partial charge is 0.469 e. The van der Waals surface area contributed by atoms with E-state index in [2.05, 4.69) is 5.43 Å². The second-order valence-corrected chi connectivity index (χ2v) is 2.94. The highest BCUT2D eigenvalue weighted by molar-refractivity contribution is 4.98. The lowest BCUT2D eigenvalue weighted by molar-refractivity contribution is 0.162. The molecule has 1 rings (SSSR count). The smallest absolute Gasteiger partial charge is 0.103 e. The van der Waals surface area contributed by atoms with Crippen LogP contribution in [0.25, 0.3) is 0 Å². The lowest BCUT2D eigenvalue weighted by Crippen LogP contribution is -2.38. The van der Waals surface area contributed by atoms with Crippen molar-refractivity contribution in [3.05, 3.63) is 24.2 Å². The Bertz CT molecular complexity index is 211. The zero-order valence-corrected chi connectivity index (χ0v) is 7.82. The first-order chi connectivity index (χ1) is 6.36. The number of nitrogens with two attached hydrogens (primary N) is 1. The maximum atomic E-state index is 5.34. The van der Waals surface area contributed by atoms with E-state index in [9.17, 15) is 0 Å². The molecule has 1 aromatic rings. The second-order valence-electron chi connectivity index (χ2n) is 2.94. The van der Waals surface area contributed by atoms with E-state index in [-0.39, 0.29) is 6.04 Å². The van der Waals surface area contributed by atoms with E-state index < -0.39 is 0 Å². The van der Waals surface area contributed by atoms with Crippen molar-refractivity contribution in [2.24, 2.45) is 5.84 Å². The highest BCUT2D eigenvalue weighted by Crippen LogP contribution is 2.05. The number of aryl methyl sites for hydroxylation is 1. The van der Waals surface area contributed by atoms with Gasteiger partial charge in [-0.3, -0.25) is 11.3 Å². The topological polar surface area (TPSA) is 60.4 Å². The molecule has 0 fully saturated rings. The Labute approximate surface area is 78.0 Å². The third kappa shape index (κ3) is 3.59. The molecule has 4 heteroatoms. The monoisotopic (exact) mass is 184 g/mol. The van der Waals surface area contributed by atoms with Crippen molar-refractivity contribution in [2.75, 3.05) is 13.7 Å². The standard InChI is InChI=1S/C9H16N2O2/c1-12-7-8(11-10)4-5-9-3-2-6-13-9/h2-3,6,8,11H,4-5,7,10H2,1H3. The number of ether oxygens (including phenoxy) is 1. The Morgan fingerprint density at radius 2 is 2.54 bits per heavy atom. The molecule has 4 nitrogen and oxygen atoms in total. The minimum atomic E-state index is 0.190. The van der Waals surface area contributed by atoms with Crippen molar-refractivity contribution in [1.29, 1.82) is 0 Å². The molecule has 1 atom stereocenters. The van der Waals surface area contributed by atoms with E-state index in [0.717, 1.165) is 18.6 Å². The molecule has 3 N–H and O–H groups in total. The van der Waals surface area contributed by atoms with Gasteiger partial charge in [-0.2, -0.15) is 0 Å². The molecule has 0 aliphatic rings. The molecule has 0 saturated heterocycles. The van der Waals surface area contributed by atoms with Crippen molar-refractivity contribution >= 4 is 0 Å². The third-order valence-corrected chi connectivity index (χ3v) is 1.92. The summed E-state index contributed by atoms with van der Waals surface area (Å²) in [5.74, 6) is 6.32. The molecule has 0 spiro atoms. The zero-order chi connectivity index (χ0) is 9.52. The Morgan fingerprint density at radius 1 is 1.69 bits per heavy atom. The van der Waals surface area contributed by atoms with E-state index in [1.165, 1.54) is 0 Å². The van der Waals surface area contributed by atoms with Crippen molar-refractivity contribution in [1.82, 2.24) is 5.43 Å². The molecule has 0 aromatic carbocycles. The van der Waals surface area contributed by atoms with Gasteiger partial charge in [0.15, 0.2) is 0 Å². The molecule has 0 aliphatic heterocycles. The summed E-state index contributed by atoms with van der Waals surface area (Å²) < 4.78 is 10.2. The van der Waals surface area contributed by atoms with Crippen LogP contribution in [-0.4, -0.2) is 19.8 Å². The average molecular weight is 184 g/mol. The molecule has 0 bridgehead atoms. The van der Waals surface area contributed by atoms with Gasteiger partial charge in [0.25, 0.3) is 0 Å². The van der Waals surface area contributed by atoms with Crippen LogP contribution in [0.4, 0.5) is 0 Å². The van der Waals surface area contributed by atoms with E-state index in [4.69, 9.17) is 15.0 Å². The third-order valence-electron chi connectivity index (χ3n) is 1.92. The van der Waals surface area contributed by atoms with Crippen LogP contribution >= 0.6 is 0 Å². The molecule has 74 valence electrons. The molecule has 0 amide bonds. The number of nitrogens with one attached hydrogen (secondary N) is 1. The van der Waals surface area contributed by atoms with E-state index in [1.54, 1.807) is 13.4 Å². The summed E-state index contributed by atoms with van der Waals surface area (Å²) in [7, 11) is 1.66. The average Bonchev–Trinajstić information content (AvgIpc) is 2.64. The molecule has 13 heavy (non-hydrogen) atoms. The molecule has 1 heterocycles. The molecule has 0 aliphatic carbocycles. The van der Waals surface area contributed by atoms with Gasteiger partial charge in [0.2, 0.25) is 0 Å². The van der Waals surface area contributed by atoms with Crippen LogP contribution in [0.15, 0.2) is 22.8 Å². The lowest BCUT2D eigenvalue weighted by atomic mass is 10.1. The van der Waals surface area contributed by atoms with Crippen LogP contribution in [0, 0.1) is 0 Å². The maximum absolute atomic E-state index is 5.34. The number of methoxy groups -OCH3 is 1. The summed E-state index contributed by atoms with van der Waals surface area (Å²) in [4.78, 5) is 0.